The number of nitriles is 1. The molecule has 0 aliphatic carbocycles. The van der Waals surface area contributed by atoms with Crippen molar-refractivity contribution in [3.05, 3.63) is 54.4 Å². The highest BCUT2D eigenvalue weighted by Gasteiger charge is 2.38. The van der Waals surface area contributed by atoms with Gasteiger partial charge in [-0.2, -0.15) is 10.2 Å². The number of piperidine rings is 1. The van der Waals surface area contributed by atoms with Crippen LogP contribution < -0.4 is 26.5 Å². The molecule has 1 aromatic rings. The summed E-state index contributed by atoms with van der Waals surface area (Å²) >= 11 is 0. The van der Waals surface area contributed by atoms with E-state index in [1.54, 1.807) is 12.3 Å². The highest BCUT2D eigenvalue weighted by Crippen LogP contribution is 2.33. The van der Waals surface area contributed by atoms with Crippen LogP contribution in [0.3, 0.4) is 0 Å². The third kappa shape index (κ3) is 6.25. The van der Waals surface area contributed by atoms with Crippen molar-refractivity contribution in [3.63, 3.8) is 0 Å². The zero-order chi connectivity index (χ0) is 23.6. The molecule has 0 saturated carbocycles. The molecule has 0 spiro atoms. The summed E-state index contributed by atoms with van der Waals surface area (Å²) in [4.78, 5) is 18.7. The molecule has 0 radical (unpaired) electrons. The first-order valence-corrected chi connectivity index (χ1v) is 10.7. The summed E-state index contributed by atoms with van der Waals surface area (Å²) in [6.07, 6.45) is 6.52. The Hall–Kier alpha value is -3.51. The van der Waals surface area contributed by atoms with Crippen LogP contribution in [-0.2, 0) is 4.79 Å². The van der Waals surface area contributed by atoms with Crippen LogP contribution in [0.15, 0.2) is 54.4 Å². The molecule has 1 fully saturated rings. The van der Waals surface area contributed by atoms with Gasteiger partial charge in [0.2, 0.25) is 11.8 Å². The van der Waals surface area contributed by atoms with E-state index in [9.17, 15) is 10.1 Å². The first kappa shape index (κ1) is 24.8. The van der Waals surface area contributed by atoms with E-state index in [4.69, 9.17) is 16.3 Å². The average Bonchev–Trinajstić information content (AvgIpc) is 2.79. The number of carbonyl (C=O) groups excluding carboxylic acids is 1. The molecule has 1 aromatic heterocycles. The number of hydrogen-bond donors (Lipinski definition) is 3. The van der Waals surface area contributed by atoms with Crippen LogP contribution in [0.4, 0.5) is 5.82 Å². The van der Waals surface area contributed by atoms with Gasteiger partial charge in [0.25, 0.3) is 0 Å². The highest BCUT2D eigenvalue weighted by molar-refractivity contribution is 5.92. The molecule has 1 amide bonds. The van der Waals surface area contributed by atoms with Crippen LogP contribution >= 0.6 is 0 Å². The van der Waals surface area contributed by atoms with Gasteiger partial charge >= 0.3 is 0 Å². The number of hydrazine groups is 1. The molecule has 0 unspecified atom stereocenters. The van der Waals surface area contributed by atoms with Crippen molar-refractivity contribution in [3.8, 4) is 11.9 Å². The molecule has 2 rings (SSSR count). The van der Waals surface area contributed by atoms with Crippen molar-refractivity contribution >= 4 is 11.7 Å². The molecule has 32 heavy (non-hydrogen) atoms. The van der Waals surface area contributed by atoms with Crippen LogP contribution in [0.1, 0.15) is 33.1 Å². The smallest absolute Gasteiger partial charge is 0.247 e. The number of ether oxygens (including phenoxy) is 1. The highest BCUT2D eigenvalue weighted by atomic mass is 16.5. The lowest BCUT2D eigenvalue weighted by Gasteiger charge is -2.46. The second-order valence-electron chi connectivity index (χ2n) is 7.54. The van der Waals surface area contributed by atoms with Gasteiger partial charge in [0, 0.05) is 37.6 Å². The number of anilines is 1. The fraction of sp³-hybridized carbons (Fsp3) is 0.435. The molecule has 9 heteroatoms. The summed E-state index contributed by atoms with van der Waals surface area (Å²) in [5, 5.41) is 14.1. The molecule has 0 atom stereocenters. The van der Waals surface area contributed by atoms with Gasteiger partial charge in [-0.15, -0.1) is 0 Å². The van der Waals surface area contributed by atoms with Gasteiger partial charge in [-0.25, -0.2) is 5.84 Å². The maximum atomic E-state index is 12.0. The summed E-state index contributed by atoms with van der Waals surface area (Å²) in [5.74, 6) is 7.24. The number of aromatic nitrogens is 1. The van der Waals surface area contributed by atoms with Crippen molar-refractivity contribution in [2.24, 2.45) is 11.6 Å². The number of nitrogens with two attached hydrogens (primary N) is 2. The number of carbonyl (C=O) groups is 1. The first-order valence-electron chi connectivity index (χ1n) is 10.7. The van der Waals surface area contributed by atoms with Gasteiger partial charge < -0.3 is 25.7 Å². The number of rotatable bonds is 11. The standard InChI is InChI=1S/C23H33N7O2/c1-4-19(5-2)27-16-18(22(25)31)17-30(26)23(10-13-24)11-14-29(15-12-23)20-8-7-9-21(28-20)32-6-3/h4-5,7-9,17,27H,1,6,10-12,14-16,26H2,2-3H3,(H2,25,31)/b18-17+,19-5+. The Morgan fingerprint density at radius 2 is 2.19 bits per heavy atom. The lowest BCUT2D eigenvalue weighted by atomic mass is 9.84. The molecule has 9 nitrogen and oxygen atoms in total. The zero-order valence-corrected chi connectivity index (χ0v) is 18.9. The van der Waals surface area contributed by atoms with Gasteiger partial charge in [0.1, 0.15) is 5.82 Å². The molecule has 5 N–H and O–H groups in total. The Kier molecular flexibility index (Phi) is 9.10. The number of hydrogen-bond acceptors (Lipinski definition) is 8. The van der Waals surface area contributed by atoms with Gasteiger partial charge in [0.05, 0.1) is 30.2 Å². The molecule has 1 saturated heterocycles. The lowest BCUT2D eigenvalue weighted by molar-refractivity contribution is -0.114. The van der Waals surface area contributed by atoms with Crippen molar-refractivity contribution in [1.29, 1.82) is 5.26 Å². The maximum Gasteiger partial charge on any atom is 0.247 e. The Labute approximate surface area is 190 Å². The van der Waals surface area contributed by atoms with E-state index in [1.807, 2.05) is 38.1 Å². The second-order valence-corrected chi connectivity index (χ2v) is 7.54. The fourth-order valence-corrected chi connectivity index (χ4v) is 3.62. The number of nitrogens with one attached hydrogen (secondary N) is 1. The topological polar surface area (TPSA) is 134 Å². The Bertz CT molecular complexity index is 896. The van der Waals surface area contributed by atoms with Crippen LogP contribution in [0.2, 0.25) is 0 Å². The third-order valence-corrected chi connectivity index (χ3v) is 5.60. The van der Waals surface area contributed by atoms with Crippen LogP contribution in [-0.4, -0.2) is 47.7 Å². The third-order valence-electron chi connectivity index (χ3n) is 5.60. The molecule has 1 aliphatic heterocycles. The zero-order valence-electron chi connectivity index (χ0n) is 18.9. The molecule has 0 aromatic carbocycles. The number of allylic oxidation sites excluding steroid dienone is 2. The van der Waals surface area contributed by atoms with Crippen molar-refractivity contribution < 1.29 is 9.53 Å². The number of nitrogens with zero attached hydrogens (tertiary/aromatic N) is 4. The van der Waals surface area contributed by atoms with Gasteiger partial charge in [-0.1, -0.05) is 18.7 Å². The maximum absolute atomic E-state index is 12.0. The van der Waals surface area contributed by atoms with E-state index in [0.29, 0.717) is 44.0 Å². The molecule has 172 valence electrons. The van der Waals surface area contributed by atoms with E-state index in [1.165, 1.54) is 5.01 Å². The van der Waals surface area contributed by atoms with E-state index in [0.717, 1.165) is 11.5 Å². The Balaban J connectivity index is 2.17. The number of pyridine rings is 1. The van der Waals surface area contributed by atoms with E-state index >= 15 is 0 Å². The van der Waals surface area contributed by atoms with Gasteiger partial charge in [0.15, 0.2) is 0 Å². The predicted molar refractivity (Wildman–Crippen MR) is 125 cm³/mol. The summed E-state index contributed by atoms with van der Waals surface area (Å²) in [7, 11) is 0. The summed E-state index contributed by atoms with van der Waals surface area (Å²) < 4.78 is 5.50. The first-order chi connectivity index (χ1) is 15.4. The summed E-state index contributed by atoms with van der Waals surface area (Å²) in [6, 6.07) is 7.93. The predicted octanol–water partition coefficient (Wildman–Crippen LogP) is 1.96. The molecule has 2 heterocycles. The Morgan fingerprint density at radius 1 is 1.47 bits per heavy atom. The minimum Gasteiger partial charge on any atom is -0.478 e. The van der Waals surface area contributed by atoms with Crippen LogP contribution in [0.25, 0.3) is 0 Å². The van der Waals surface area contributed by atoms with Crippen molar-refractivity contribution in [2.75, 3.05) is 31.1 Å². The Morgan fingerprint density at radius 3 is 2.75 bits per heavy atom. The van der Waals surface area contributed by atoms with E-state index in [2.05, 4.69) is 27.8 Å². The molecule has 1 aliphatic rings. The van der Waals surface area contributed by atoms with Crippen molar-refractivity contribution in [1.82, 2.24) is 15.3 Å². The monoisotopic (exact) mass is 439 g/mol. The lowest BCUT2D eigenvalue weighted by Crippen LogP contribution is -2.56. The average molecular weight is 440 g/mol. The summed E-state index contributed by atoms with van der Waals surface area (Å²) in [6.45, 7) is 9.58. The molecular weight excluding hydrogens is 406 g/mol. The van der Waals surface area contributed by atoms with Gasteiger partial charge in [-0.3, -0.25) is 4.79 Å². The van der Waals surface area contributed by atoms with Crippen LogP contribution in [0, 0.1) is 11.3 Å². The quantitative estimate of drug-likeness (QED) is 0.206. The fourth-order valence-electron chi connectivity index (χ4n) is 3.62. The molecule has 0 bridgehead atoms. The molecular formula is C23H33N7O2. The van der Waals surface area contributed by atoms with E-state index in [-0.39, 0.29) is 13.0 Å². The largest absolute Gasteiger partial charge is 0.478 e. The van der Waals surface area contributed by atoms with E-state index < -0.39 is 11.4 Å². The minimum atomic E-state index is -0.606. The normalized spacial score (nSPS) is 16.1. The number of amides is 1. The van der Waals surface area contributed by atoms with Crippen molar-refractivity contribution in [2.45, 2.75) is 38.6 Å². The van der Waals surface area contributed by atoms with Crippen LogP contribution in [0.5, 0.6) is 5.88 Å². The number of primary amides is 1. The minimum absolute atomic E-state index is 0.206. The second kappa shape index (κ2) is 11.8. The summed E-state index contributed by atoms with van der Waals surface area (Å²) in [5.41, 5.74) is 6.06. The van der Waals surface area contributed by atoms with Gasteiger partial charge in [-0.05, 0) is 38.8 Å². The SMILES string of the molecule is C=C/C(=C\C)NC/C(=C\N(N)C1(CC#N)CCN(c2cccc(OCC)n2)CC1)C(N)=O.